The SMILES string of the molecule is Cc1c(COc2cc(OCc3cccc(C#N)c3)c(CNC[C@H](O)CO)cc2Cl)cccc1-c1cccc(-c2cc(C(=O)N3CCC(O)CC3)no2)c1. The quantitative estimate of drug-likeness (QED) is 0.106. The zero-order chi connectivity index (χ0) is 37.3. The first-order chi connectivity index (χ1) is 25.7. The van der Waals surface area contributed by atoms with Crippen molar-refractivity contribution in [2.75, 3.05) is 26.2 Å². The van der Waals surface area contributed by atoms with Gasteiger partial charge in [0.1, 0.15) is 24.7 Å². The summed E-state index contributed by atoms with van der Waals surface area (Å²) in [6.07, 6.45) is -0.179. The third kappa shape index (κ3) is 9.42. The topological polar surface area (TPSA) is 161 Å². The number of benzene rings is 4. The number of nitrogens with zero attached hydrogens (tertiary/aromatic N) is 3. The highest BCUT2D eigenvalue weighted by Gasteiger charge is 2.25. The average Bonchev–Trinajstić information content (AvgIpc) is 3.68. The fourth-order valence-corrected chi connectivity index (χ4v) is 6.42. The Morgan fingerprint density at radius 2 is 1.75 bits per heavy atom. The molecule has 1 fully saturated rings. The molecule has 0 spiro atoms. The van der Waals surface area contributed by atoms with Crippen LogP contribution in [0.25, 0.3) is 22.5 Å². The van der Waals surface area contributed by atoms with Crippen LogP contribution in [0.5, 0.6) is 11.5 Å². The number of likely N-dealkylation sites (tertiary alicyclic amines) is 1. The van der Waals surface area contributed by atoms with E-state index in [2.05, 4.69) is 16.5 Å². The zero-order valence-corrected chi connectivity index (χ0v) is 30.1. The van der Waals surface area contributed by atoms with Crippen LogP contribution in [0.1, 0.15) is 51.1 Å². The first kappa shape index (κ1) is 37.5. The number of aliphatic hydroxyl groups is 3. The van der Waals surface area contributed by atoms with Crippen LogP contribution in [0.15, 0.2) is 89.5 Å². The number of hydrogen-bond acceptors (Lipinski definition) is 10. The van der Waals surface area contributed by atoms with Crippen LogP contribution in [-0.4, -0.2) is 69.7 Å². The number of rotatable bonds is 14. The van der Waals surface area contributed by atoms with Crippen molar-refractivity contribution in [2.45, 2.75) is 51.7 Å². The number of aromatic nitrogens is 1. The van der Waals surface area contributed by atoms with Crippen LogP contribution in [0.4, 0.5) is 0 Å². The van der Waals surface area contributed by atoms with Crippen molar-refractivity contribution in [3.63, 3.8) is 0 Å². The summed E-state index contributed by atoms with van der Waals surface area (Å²) in [5, 5.41) is 45.6. The van der Waals surface area contributed by atoms with Gasteiger partial charge in [-0.3, -0.25) is 4.79 Å². The Bertz CT molecular complexity index is 2090. The second-order valence-electron chi connectivity index (χ2n) is 13.0. The molecule has 53 heavy (non-hydrogen) atoms. The predicted molar refractivity (Wildman–Crippen MR) is 199 cm³/mol. The Balaban J connectivity index is 1.18. The molecule has 0 radical (unpaired) electrons. The molecule has 1 aliphatic heterocycles. The Morgan fingerprint density at radius 1 is 1.00 bits per heavy atom. The van der Waals surface area contributed by atoms with Gasteiger partial charge < -0.3 is 39.5 Å². The highest BCUT2D eigenvalue weighted by atomic mass is 35.5. The monoisotopic (exact) mass is 736 g/mol. The van der Waals surface area contributed by atoms with Crippen molar-refractivity contribution >= 4 is 17.5 Å². The van der Waals surface area contributed by atoms with Crippen LogP contribution in [0, 0.1) is 18.3 Å². The highest BCUT2D eigenvalue weighted by Crippen LogP contribution is 2.35. The van der Waals surface area contributed by atoms with E-state index in [-0.39, 0.29) is 44.1 Å². The smallest absolute Gasteiger partial charge is 0.276 e. The van der Waals surface area contributed by atoms with Gasteiger partial charge in [0.05, 0.1) is 35.5 Å². The highest BCUT2D eigenvalue weighted by molar-refractivity contribution is 6.32. The largest absolute Gasteiger partial charge is 0.488 e. The molecule has 1 aliphatic rings. The molecular weight excluding hydrogens is 696 g/mol. The summed E-state index contributed by atoms with van der Waals surface area (Å²) in [5.41, 5.74) is 7.02. The van der Waals surface area contributed by atoms with Gasteiger partial charge in [-0.05, 0) is 71.8 Å². The molecule has 1 amide bonds. The van der Waals surface area contributed by atoms with E-state index in [1.165, 1.54) is 0 Å². The molecule has 0 saturated carbocycles. The fraction of sp³-hybridized carbons (Fsp3) is 0.293. The number of amides is 1. The molecule has 0 bridgehead atoms. The Hall–Kier alpha value is -5.22. The van der Waals surface area contributed by atoms with Crippen molar-refractivity contribution in [1.82, 2.24) is 15.4 Å². The van der Waals surface area contributed by atoms with Crippen LogP contribution in [0.3, 0.4) is 0 Å². The molecule has 6 rings (SSSR count). The lowest BCUT2D eigenvalue weighted by molar-refractivity contribution is 0.0538. The number of aliphatic hydroxyl groups excluding tert-OH is 3. The van der Waals surface area contributed by atoms with Crippen LogP contribution >= 0.6 is 11.6 Å². The average molecular weight is 737 g/mol. The van der Waals surface area contributed by atoms with Gasteiger partial charge in [0.25, 0.3) is 5.91 Å². The normalized spacial score (nSPS) is 13.8. The van der Waals surface area contributed by atoms with Crippen molar-refractivity contribution < 1.29 is 34.1 Å². The number of piperidine rings is 1. The van der Waals surface area contributed by atoms with Crippen LogP contribution in [0.2, 0.25) is 5.02 Å². The first-order valence-electron chi connectivity index (χ1n) is 17.4. The Morgan fingerprint density at radius 3 is 2.55 bits per heavy atom. The molecule has 11 nitrogen and oxygen atoms in total. The Labute approximate surface area is 313 Å². The van der Waals surface area contributed by atoms with Crippen molar-refractivity contribution in [3.8, 4) is 40.0 Å². The summed E-state index contributed by atoms with van der Waals surface area (Å²) in [6, 6.07) is 28.3. The molecule has 1 atom stereocenters. The standard InChI is InChI=1S/C41H41ClN4O7/c1-26-31(9-4-10-35(26)29-7-3-8-30(16-29)39-18-37(45-53-39)41(50)46-13-11-33(48)12-14-46)25-52-40-19-38(51-24-28-6-2-5-27(15-28)20-43)32(17-36(40)42)21-44-22-34(49)23-47/h2-10,15-19,33-34,44,47-49H,11-14,21-25H2,1H3/t34-/m0/s1. The second-order valence-corrected chi connectivity index (χ2v) is 13.4. The minimum atomic E-state index is -0.903. The first-order valence-corrected chi connectivity index (χ1v) is 17.8. The van der Waals surface area contributed by atoms with Gasteiger partial charge in [-0.15, -0.1) is 0 Å². The maximum atomic E-state index is 13.0. The van der Waals surface area contributed by atoms with E-state index in [4.69, 9.17) is 25.6 Å². The van der Waals surface area contributed by atoms with Crippen molar-refractivity contribution in [1.29, 1.82) is 5.26 Å². The van der Waals surface area contributed by atoms with E-state index in [1.807, 2.05) is 55.5 Å². The van der Waals surface area contributed by atoms with E-state index in [0.717, 1.165) is 38.9 Å². The molecule has 0 aliphatic carbocycles. The molecule has 4 N–H and O–H groups in total. The van der Waals surface area contributed by atoms with Gasteiger partial charge in [-0.25, -0.2) is 0 Å². The number of nitriles is 1. The van der Waals surface area contributed by atoms with Crippen LogP contribution < -0.4 is 14.8 Å². The lowest BCUT2D eigenvalue weighted by Gasteiger charge is -2.28. The van der Waals surface area contributed by atoms with E-state index in [0.29, 0.717) is 60.3 Å². The summed E-state index contributed by atoms with van der Waals surface area (Å²) >= 11 is 6.73. The third-order valence-corrected chi connectivity index (χ3v) is 9.54. The van der Waals surface area contributed by atoms with Crippen LogP contribution in [-0.2, 0) is 19.8 Å². The molecule has 4 aromatic carbocycles. The molecule has 12 heteroatoms. The maximum Gasteiger partial charge on any atom is 0.276 e. The van der Waals surface area contributed by atoms with Gasteiger partial charge >= 0.3 is 0 Å². The summed E-state index contributed by atoms with van der Waals surface area (Å²) in [5.74, 6) is 1.22. The van der Waals surface area contributed by atoms with E-state index in [9.17, 15) is 25.4 Å². The van der Waals surface area contributed by atoms with E-state index < -0.39 is 6.10 Å². The number of carbonyl (C=O) groups excluding carboxylic acids is 1. The zero-order valence-electron chi connectivity index (χ0n) is 29.3. The molecule has 274 valence electrons. The Kier molecular flexibility index (Phi) is 12.4. The maximum absolute atomic E-state index is 13.0. The number of ether oxygens (including phenoxy) is 2. The summed E-state index contributed by atoms with van der Waals surface area (Å²) in [4.78, 5) is 14.7. The van der Waals surface area contributed by atoms with Crippen molar-refractivity contribution in [2.24, 2.45) is 0 Å². The van der Waals surface area contributed by atoms with Gasteiger partial charge in [0.15, 0.2) is 11.5 Å². The van der Waals surface area contributed by atoms with E-state index in [1.54, 1.807) is 41.3 Å². The number of carbonyl (C=O) groups is 1. The fourth-order valence-electron chi connectivity index (χ4n) is 6.18. The summed E-state index contributed by atoms with van der Waals surface area (Å²) < 4.78 is 18.1. The number of nitrogens with one attached hydrogen (secondary N) is 1. The molecule has 5 aromatic rings. The molecular formula is C41H41ClN4O7. The number of hydrogen-bond donors (Lipinski definition) is 4. The lowest BCUT2D eigenvalue weighted by Crippen LogP contribution is -2.40. The molecule has 0 unspecified atom stereocenters. The van der Waals surface area contributed by atoms with Gasteiger partial charge in [0.2, 0.25) is 0 Å². The number of halogens is 1. The van der Waals surface area contributed by atoms with Gasteiger partial charge in [0, 0.05) is 49.4 Å². The molecule has 1 saturated heterocycles. The molecule has 1 aromatic heterocycles. The summed E-state index contributed by atoms with van der Waals surface area (Å²) in [6.45, 7) is 3.57. The minimum Gasteiger partial charge on any atom is -0.488 e. The molecule has 2 heterocycles. The van der Waals surface area contributed by atoms with E-state index >= 15 is 0 Å². The minimum absolute atomic E-state index is 0.179. The van der Waals surface area contributed by atoms with Crippen molar-refractivity contribution in [3.05, 3.63) is 123 Å². The summed E-state index contributed by atoms with van der Waals surface area (Å²) in [7, 11) is 0. The van der Waals surface area contributed by atoms with Gasteiger partial charge in [-0.2, -0.15) is 5.26 Å². The lowest BCUT2D eigenvalue weighted by atomic mass is 9.95. The predicted octanol–water partition coefficient (Wildman–Crippen LogP) is 6.04. The van der Waals surface area contributed by atoms with Gasteiger partial charge in [-0.1, -0.05) is 65.3 Å². The second kappa shape index (κ2) is 17.5. The third-order valence-electron chi connectivity index (χ3n) is 9.24.